The molecule has 6 heteroatoms. The smallest absolute Gasteiger partial charge is 0.339 e. The van der Waals surface area contributed by atoms with Crippen molar-refractivity contribution in [2.24, 2.45) is 0 Å². The third-order valence-electron chi connectivity index (χ3n) is 2.19. The molecule has 0 aliphatic carbocycles. The third kappa shape index (κ3) is 2.23. The zero-order chi connectivity index (χ0) is 12.4. The van der Waals surface area contributed by atoms with Crippen molar-refractivity contribution in [3.63, 3.8) is 0 Å². The number of halogens is 2. The summed E-state index contributed by atoms with van der Waals surface area (Å²) < 4.78 is 0. The Morgan fingerprint density at radius 2 is 1.88 bits per heavy atom. The second-order valence-corrected chi connectivity index (χ2v) is 3.97. The van der Waals surface area contributed by atoms with Crippen LogP contribution in [0.25, 0.3) is 11.1 Å². The van der Waals surface area contributed by atoms with Crippen molar-refractivity contribution in [2.75, 3.05) is 0 Å². The molecule has 0 aliphatic rings. The van der Waals surface area contributed by atoms with E-state index in [1.165, 1.54) is 6.20 Å². The van der Waals surface area contributed by atoms with E-state index in [0.717, 1.165) is 0 Å². The van der Waals surface area contributed by atoms with Crippen molar-refractivity contribution < 1.29 is 9.90 Å². The van der Waals surface area contributed by atoms with Crippen LogP contribution in [0.3, 0.4) is 0 Å². The molecule has 0 spiro atoms. The molecule has 0 saturated heterocycles. The Bertz CT molecular complexity index is 587. The first-order valence-electron chi connectivity index (χ1n) is 4.60. The van der Waals surface area contributed by atoms with Gasteiger partial charge in [0.15, 0.2) is 5.15 Å². The maximum absolute atomic E-state index is 11.1. The lowest BCUT2D eigenvalue weighted by atomic mass is 10.0. The van der Waals surface area contributed by atoms with Crippen molar-refractivity contribution in [2.45, 2.75) is 0 Å². The highest BCUT2D eigenvalue weighted by Gasteiger charge is 2.18. The largest absolute Gasteiger partial charge is 0.478 e. The van der Waals surface area contributed by atoms with Gasteiger partial charge in [-0.3, -0.25) is 0 Å². The topological polar surface area (TPSA) is 63.1 Å². The summed E-state index contributed by atoms with van der Waals surface area (Å²) in [5.74, 6) is -1.17. The summed E-state index contributed by atoms with van der Waals surface area (Å²) in [4.78, 5) is 11.1. The Balaban J connectivity index is 2.72. The van der Waals surface area contributed by atoms with Crippen molar-refractivity contribution in [1.29, 1.82) is 0 Å². The van der Waals surface area contributed by atoms with Crippen molar-refractivity contribution >= 4 is 29.2 Å². The first kappa shape index (κ1) is 11.8. The molecular formula is C11H6Cl2N2O2. The normalized spacial score (nSPS) is 10.2. The van der Waals surface area contributed by atoms with Crippen LogP contribution in [0.5, 0.6) is 0 Å². The van der Waals surface area contributed by atoms with Crippen LogP contribution >= 0.6 is 23.2 Å². The fourth-order valence-electron chi connectivity index (χ4n) is 1.45. The average molecular weight is 269 g/mol. The monoisotopic (exact) mass is 268 g/mol. The summed E-state index contributed by atoms with van der Waals surface area (Å²) in [7, 11) is 0. The number of aromatic nitrogens is 2. The number of benzene rings is 1. The molecular weight excluding hydrogens is 263 g/mol. The zero-order valence-corrected chi connectivity index (χ0v) is 9.90. The molecule has 0 aliphatic heterocycles. The van der Waals surface area contributed by atoms with Crippen LogP contribution in [0.4, 0.5) is 0 Å². The lowest BCUT2D eigenvalue weighted by Gasteiger charge is -2.07. The molecule has 0 bridgehead atoms. The van der Waals surface area contributed by atoms with Gasteiger partial charge in [-0.05, 0) is 6.07 Å². The molecule has 17 heavy (non-hydrogen) atoms. The SMILES string of the molecule is O=C(O)c1c(-c2ccccc2Cl)cnnc1Cl. The molecule has 0 radical (unpaired) electrons. The Morgan fingerprint density at radius 3 is 2.53 bits per heavy atom. The molecule has 1 aromatic heterocycles. The van der Waals surface area contributed by atoms with E-state index < -0.39 is 5.97 Å². The molecule has 2 rings (SSSR count). The fraction of sp³-hybridized carbons (Fsp3) is 0. The van der Waals surface area contributed by atoms with E-state index in [1.54, 1.807) is 24.3 Å². The minimum Gasteiger partial charge on any atom is -0.478 e. The standard InChI is InChI=1S/C11H6Cl2N2O2/c12-8-4-2-1-3-6(8)7-5-14-15-10(13)9(7)11(16)17/h1-5H,(H,16,17). The summed E-state index contributed by atoms with van der Waals surface area (Å²) in [5.41, 5.74) is 0.807. The second kappa shape index (κ2) is 4.69. The van der Waals surface area contributed by atoms with Gasteiger partial charge in [0.05, 0.1) is 6.20 Å². The van der Waals surface area contributed by atoms with Crippen LogP contribution in [0.1, 0.15) is 10.4 Å². The number of aromatic carboxylic acids is 1. The minimum atomic E-state index is -1.17. The molecule has 0 fully saturated rings. The number of nitrogens with zero attached hydrogens (tertiary/aromatic N) is 2. The van der Waals surface area contributed by atoms with Gasteiger partial charge in [-0.2, -0.15) is 5.10 Å². The molecule has 86 valence electrons. The highest BCUT2D eigenvalue weighted by atomic mass is 35.5. The second-order valence-electron chi connectivity index (χ2n) is 3.21. The van der Waals surface area contributed by atoms with Crippen LogP contribution in [0, 0.1) is 0 Å². The molecule has 4 nitrogen and oxygen atoms in total. The van der Waals surface area contributed by atoms with Gasteiger partial charge in [0, 0.05) is 16.1 Å². The number of hydrogen-bond acceptors (Lipinski definition) is 3. The number of hydrogen-bond donors (Lipinski definition) is 1. The Labute approximate surface area is 107 Å². The molecule has 1 aromatic carbocycles. The van der Waals surface area contributed by atoms with Gasteiger partial charge in [-0.15, -0.1) is 5.10 Å². The molecule has 1 heterocycles. The van der Waals surface area contributed by atoms with Gasteiger partial charge < -0.3 is 5.11 Å². The number of carboxylic acids is 1. The number of rotatable bonds is 2. The van der Waals surface area contributed by atoms with Crippen LogP contribution in [-0.4, -0.2) is 21.3 Å². The fourth-order valence-corrected chi connectivity index (χ4v) is 1.91. The highest BCUT2D eigenvalue weighted by Crippen LogP contribution is 2.31. The highest BCUT2D eigenvalue weighted by molar-refractivity contribution is 6.35. The van der Waals surface area contributed by atoms with Crippen molar-refractivity contribution in [3.05, 3.63) is 46.2 Å². The maximum Gasteiger partial charge on any atom is 0.339 e. The van der Waals surface area contributed by atoms with E-state index >= 15 is 0 Å². The Morgan fingerprint density at radius 1 is 1.18 bits per heavy atom. The predicted molar refractivity (Wildman–Crippen MR) is 64.4 cm³/mol. The van der Waals surface area contributed by atoms with E-state index in [4.69, 9.17) is 28.3 Å². The number of carbonyl (C=O) groups is 1. The minimum absolute atomic E-state index is 0.102. The summed E-state index contributed by atoms with van der Waals surface area (Å²) in [5, 5.41) is 16.5. The third-order valence-corrected chi connectivity index (χ3v) is 2.78. The van der Waals surface area contributed by atoms with E-state index in [0.29, 0.717) is 16.1 Å². The molecule has 0 saturated carbocycles. The first-order chi connectivity index (χ1) is 8.11. The quantitative estimate of drug-likeness (QED) is 0.909. The molecule has 0 unspecified atom stereocenters. The van der Waals surface area contributed by atoms with Gasteiger partial charge in [-0.25, -0.2) is 4.79 Å². The van der Waals surface area contributed by atoms with E-state index in [-0.39, 0.29) is 10.7 Å². The van der Waals surface area contributed by atoms with Gasteiger partial charge in [-0.1, -0.05) is 41.4 Å². The summed E-state index contributed by atoms with van der Waals surface area (Å²) >= 11 is 11.7. The van der Waals surface area contributed by atoms with Crippen LogP contribution < -0.4 is 0 Å². The van der Waals surface area contributed by atoms with Gasteiger partial charge in [0.25, 0.3) is 0 Å². The lowest BCUT2D eigenvalue weighted by Crippen LogP contribution is -2.03. The molecule has 0 amide bonds. The summed E-state index contributed by atoms with van der Waals surface area (Å²) in [6, 6.07) is 6.86. The van der Waals surface area contributed by atoms with Crippen LogP contribution in [-0.2, 0) is 0 Å². The van der Waals surface area contributed by atoms with Gasteiger partial charge in [0.2, 0.25) is 0 Å². The van der Waals surface area contributed by atoms with Crippen LogP contribution in [0.15, 0.2) is 30.5 Å². The van der Waals surface area contributed by atoms with E-state index in [1.807, 2.05) is 0 Å². The first-order valence-corrected chi connectivity index (χ1v) is 5.36. The molecule has 2 aromatic rings. The lowest BCUT2D eigenvalue weighted by molar-refractivity contribution is 0.0697. The van der Waals surface area contributed by atoms with Gasteiger partial charge in [0.1, 0.15) is 5.56 Å². The summed E-state index contributed by atoms with van der Waals surface area (Å²) in [6.07, 6.45) is 1.33. The molecule has 1 N–H and O–H groups in total. The van der Waals surface area contributed by atoms with E-state index in [2.05, 4.69) is 10.2 Å². The Hall–Kier alpha value is -1.65. The van der Waals surface area contributed by atoms with Crippen LogP contribution in [0.2, 0.25) is 10.2 Å². The average Bonchev–Trinajstić information content (AvgIpc) is 2.28. The zero-order valence-electron chi connectivity index (χ0n) is 8.39. The van der Waals surface area contributed by atoms with Crippen molar-refractivity contribution in [1.82, 2.24) is 10.2 Å². The van der Waals surface area contributed by atoms with E-state index in [9.17, 15) is 4.79 Å². The van der Waals surface area contributed by atoms with Gasteiger partial charge >= 0.3 is 5.97 Å². The molecule has 0 atom stereocenters. The summed E-state index contributed by atoms with van der Waals surface area (Å²) in [6.45, 7) is 0. The van der Waals surface area contributed by atoms with Crippen molar-refractivity contribution in [3.8, 4) is 11.1 Å². The number of carboxylic acid groups (broad SMARTS) is 1. The Kier molecular flexibility index (Phi) is 3.26. The predicted octanol–water partition coefficient (Wildman–Crippen LogP) is 3.15. The maximum atomic E-state index is 11.1.